The van der Waals surface area contributed by atoms with Gasteiger partial charge in [-0.15, -0.1) is 30.3 Å². The molecule has 0 radical (unpaired) electrons. The molecule has 0 rings (SSSR count). The van der Waals surface area contributed by atoms with Gasteiger partial charge in [0.15, 0.2) is 0 Å². The van der Waals surface area contributed by atoms with Crippen LogP contribution in [0.15, 0.2) is 0 Å². The zero-order valence-corrected chi connectivity index (χ0v) is 10.0. The van der Waals surface area contributed by atoms with Gasteiger partial charge in [0.25, 0.3) is 15.3 Å². The smallest absolute Gasteiger partial charge is 0.373 e. The molecule has 0 saturated carbocycles. The van der Waals surface area contributed by atoms with Gasteiger partial charge < -0.3 is 15.1 Å². The van der Waals surface area contributed by atoms with Crippen LogP contribution in [0, 0.1) is 35.8 Å². The molecule has 20 heavy (non-hydrogen) atoms. The van der Waals surface area contributed by atoms with Gasteiger partial charge in [0.1, 0.15) is 6.61 Å². The van der Waals surface area contributed by atoms with Gasteiger partial charge in [-0.1, -0.05) is 6.92 Å². The second-order valence-corrected chi connectivity index (χ2v) is 3.50. The third-order valence-corrected chi connectivity index (χ3v) is 2.49. The van der Waals surface area contributed by atoms with Gasteiger partial charge in [-0.2, -0.15) is 0 Å². The fourth-order valence-electron chi connectivity index (χ4n) is 1.26. The van der Waals surface area contributed by atoms with E-state index in [0.29, 0.717) is 0 Å². The molecule has 1 atom stereocenters. The van der Waals surface area contributed by atoms with E-state index in [1.54, 1.807) is 0 Å². The summed E-state index contributed by atoms with van der Waals surface area (Å²) in [6, 6.07) is 0. The molecule has 0 amide bonds. The second kappa shape index (κ2) is 6.62. The van der Waals surface area contributed by atoms with Gasteiger partial charge in [0, 0.05) is 0 Å². The Bertz CT molecular complexity index is 364. The highest BCUT2D eigenvalue weighted by Crippen LogP contribution is 2.37. The van der Waals surface area contributed by atoms with Crippen molar-refractivity contribution in [1.29, 1.82) is 0 Å². The van der Waals surface area contributed by atoms with Crippen molar-refractivity contribution >= 4 is 0 Å². The summed E-state index contributed by atoms with van der Waals surface area (Å²) >= 11 is 0. The molecule has 0 fully saturated rings. The van der Waals surface area contributed by atoms with Crippen molar-refractivity contribution in [3.05, 3.63) is 30.3 Å². The summed E-state index contributed by atoms with van der Waals surface area (Å²) in [5.74, 6) is -3.58. The van der Waals surface area contributed by atoms with E-state index in [0.717, 1.165) is 0 Å². The standard InChI is InChI=1S/C6H11N3O11/c1-2-5(3-10,4-18-7(12)13)6(11,19-8(14)15)20-9(16)17/h10-11H,2-4H2,1H3. The van der Waals surface area contributed by atoms with Gasteiger partial charge in [0.2, 0.25) is 0 Å². The van der Waals surface area contributed by atoms with Crippen molar-refractivity contribution in [3.8, 4) is 0 Å². The summed E-state index contributed by atoms with van der Waals surface area (Å²) in [5.41, 5.74) is -2.35. The summed E-state index contributed by atoms with van der Waals surface area (Å²) in [4.78, 5) is 41.9. The lowest BCUT2D eigenvalue weighted by Gasteiger charge is -2.39. The minimum atomic E-state index is -3.58. The zero-order valence-electron chi connectivity index (χ0n) is 10.0. The largest absolute Gasteiger partial charge is 0.395 e. The molecule has 14 heteroatoms. The molecule has 0 aliphatic rings. The average Bonchev–Trinajstić information content (AvgIpc) is 2.27. The topological polar surface area (TPSA) is 198 Å². The molecule has 0 aromatic heterocycles. The van der Waals surface area contributed by atoms with E-state index in [1.165, 1.54) is 6.92 Å². The van der Waals surface area contributed by atoms with Crippen molar-refractivity contribution in [1.82, 2.24) is 0 Å². The minimum Gasteiger partial charge on any atom is -0.395 e. The maximum atomic E-state index is 10.3. The maximum Gasteiger partial charge on any atom is 0.373 e. The van der Waals surface area contributed by atoms with Crippen LogP contribution in [-0.2, 0) is 14.5 Å². The normalized spacial score (nSPS) is 13.9. The lowest BCUT2D eigenvalue weighted by Crippen LogP contribution is -2.58. The lowest BCUT2D eigenvalue weighted by atomic mass is 9.84. The van der Waals surface area contributed by atoms with Crippen LogP contribution in [0.25, 0.3) is 0 Å². The molecule has 2 N–H and O–H groups in total. The Labute approximate surface area is 109 Å². The highest BCUT2D eigenvalue weighted by Gasteiger charge is 2.57. The molecule has 0 saturated heterocycles. The van der Waals surface area contributed by atoms with E-state index < -0.39 is 46.3 Å². The van der Waals surface area contributed by atoms with E-state index in [9.17, 15) is 40.6 Å². The van der Waals surface area contributed by atoms with Crippen LogP contribution in [0.4, 0.5) is 0 Å². The molecule has 0 aromatic carbocycles. The van der Waals surface area contributed by atoms with Crippen molar-refractivity contribution < 1.29 is 40.0 Å². The molecule has 0 aliphatic heterocycles. The Morgan fingerprint density at radius 1 is 1.05 bits per heavy atom. The molecule has 14 nitrogen and oxygen atoms in total. The Morgan fingerprint density at radius 2 is 1.50 bits per heavy atom. The van der Waals surface area contributed by atoms with Crippen molar-refractivity contribution in [2.45, 2.75) is 19.3 Å². The highest BCUT2D eigenvalue weighted by atomic mass is 17.1. The maximum absolute atomic E-state index is 10.3. The first kappa shape index (κ1) is 17.5. The molecule has 1 unspecified atom stereocenters. The molecule has 0 aromatic rings. The first-order valence-corrected chi connectivity index (χ1v) is 4.90. The number of hydrogen-bond donors (Lipinski definition) is 2. The molecule has 0 spiro atoms. The molecule has 116 valence electrons. The van der Waals surface area contributed by atoms with Crippen LogP contribution in [0.3, 0.4) is 0 Å². The van der Waals surface area contributed by atoms with Gasteiger partial charge in [-0.25, -0.2) is 9.68 Å². The molecular weight excluding hydrogens is 290 g/mol. The molecule has 0 heterocycles. The van der Waals surface area contributed by atoms with Crippen LogP contribution in [0.2, 0.25) is 0 Å². The van der Waals surface area contributed by atoms with E-state index in [1.807, 2.05) is 0 Å². The van der Waals surface area contributed by atoms with Gasteiger partial charge >= 0.3 is 5.97 Å². The van der Waals surface area contributed by atoms with Gasteiger partial charge in [-0.3, -0.25) is 0 Å². The first-order chi connectivity index (χ1) is 9.12. The van der Waals surface area contributed by atoms with Crippen LogP contribution in [0.1, 0.15) is 13.3 Å². The van der Waals surface area contributed by atoms with E-state index in [-0.39, 0.29) is 0 Å². The predicted octanol–water partition coefficient (Wildman–Crippen LogP) is -1.35. The number of rotatable bonds is 10. The van der Waals surface area contributed by atoms with E-state index in [4.69, 9.17) is 0 Å². The summed E-state index contributed by atoms with van der Waals surface area (Å²) in [6.07, 6.45) is -0.449. The van der Waals surface area contributed by atoms with Crippen molar-refractivity contribution in [2.24, 2.45) is 5.41 Å². The summed E-state index contributed by atoms with van der Waals surface area (Å²) in [7, 11) is 0. The summed E-state index contributed by atoms with van der Waals surface area (Å²) in [5, 5.41) is 45.1. The van der Waals surface area contributed by atoms with Gasteiger partial charge in [-0.05, 0) is 6.42 Å². The number of nitrogens with zero attached hydrogens (tertiary/aromatic N) is 3. The Balaban J connectivity index is 5.54. The fourth-order valence-corrected chi connectivity index (χ4v) is 1.26. The summed E-state index contributed by atoms with van der Waals surface area (Å²) < 4.78 is 0. The molecule has 0 bridgehead atoms. The lowest BCUT2D eigenvalue weighted by molar-refractivity contribution is -0.905. The van der Waals surface area contributed by atoms with E-state index >= 15 is 0 Å². The van der Waals surface area contributed by atoms with Crippen LogP contribution in [0.5, 0.6) is 0 Å². The van der Waals surface area contributed by atoms with Crippen molar-refractivity contribution in [3.63, 3.8) is 0 Å². The van der Waals surface area contributed by atoms with Crippen LogP contribution < -0.4 is 0 Å². The Morgan fingerprint density at radius 3 is 1.75 bits per heavy atom. The van der Waals surface area contributed by atoms with Crippen LogP contribution in [-0.4, -0.2) is 44.7 Å². The quantitative estimate of drug-likeness (QED) is 0.274. The third-order valence-electron chi connectivity index (χ3n) is 2.49. The van der Waals surface area contributed by atoms with Crippen molar-refractivity contribution in [2.75, 3.05) is 13.2 Å². The predicted molar refractivity (Wildman–Crippen MR) is 53.9 cm³/mol. The summed E-state index contributed by atoms with van der Waals surface area (Å²) in [6.45, 7) is -1.14. The highest BCUT2D eigenvalue weighted by molar-refractivity contribution is 4.84. The second-order valence-electron chi connectivity index (χ2n) is 3.50. The Kier molecular flexibility index (Phi) is 5.80. The zero-order chi connectivity index (χ0) is 16.0. The van der Waals surface area contributed by atoms with E-state index in [2.05, 4.69) is 14.5 Å². The fraction of sp³-hybridized carbons (Fsp3) is 1.00. The Hall–Kier alpha value is -2.48. The van der Waals surface area contributed by atoms with Crippen LogP contribution >= 0.6 is 0 Å². The minimum absolute atomic E-state index is 0.449. The van der Waals surface area contributed by atoms with Gasteiger partial charge in [0.05, 0.1) is 12.0 Å². The SMILES string of the molecule is CCC(CO)(CO[N+](=O)[O-])C(O)(O[N+](=O)[O-])O[N+](=O)[O-]. The molecular formula is C6H11N3O11. The average molecular weight is 301 g/mol. The first-order valence-electron chi connectivity index (χ1n) is 4.90. The third kappa shape index (κ3) is 4.02. The number of aliphatic hydroxyl groups is 2. The number of aliphatic hydroxyl groups excluding tert-OH is 1. The number of hydrogen-bond acceptors (Lipinski definition) is 11. The monoisotopic (exact) mass is 301 g/mol. The molecule has 0 aliphatic carbocycles.